The first kappa shape index (κ1) is 11.0. The Morgan fingerprint density at radius 2 is 2.50 bits per heavy atom. The van der Waals surface area contributed by atoms with Crippen LogP contribution in [-0.2, 0) is 6.42 Å². The Kier molecular flexibility index (Phi) is 3.25. The predicted molar refractivity (Wildman–Crippen MR) is 67.3 cm³/mol. The van der Waals surface area contributed by atoms with Crippen LogP contribution < -0.4 is 0 Å². The van der Waals surface area contributed by atoms with E-state index in [1.807, 2.05) is 0 Å². The van der Waals surface area contributed by atoms with Gasteiger partial charge in [0.2, 0.25) is 0 Å². The summed E-state index contributed by atoms with van der Waals surface area (Å²) in [5.41, 5.74) is 1.87. The van der Waals surface area contributed by atoms with Gasteiger partial charge in [-0.15, -0.1) is 22.9 Å². The molecule has 78 valence electrons. The Morgan fingerprint density at radius 1 is 1.71 bits per heavy atom. The van der Waals surface area contributed by atoms with Gasteiger partial charge in [-0.3, -0.25) is 0 Å². The highest BCUT2D eigenvalue weighted by Gasteiger charge is 2.34. The van der Waals surface area contributed by atoms with Crippen molar-refractivity contribution in [3.8, 4) is 0 Å². The van der Waals surface area contributed by atoms with Gasteiger partial charge in [0.25, 0.3) is 0 Å². The lowest BCUT2D eigenvalue weighted by atomic mass is 9.83. The van der Waals surface area contributed by atoms with Crippen LogP contribution in [0.2, 0.25) is 0 Å². The van der Waals surface area contributed by atoms with E-state index < -0.39 is 0 Å². The number of rotatable bonds is 2. The Labute approximate surface area is 103 Å². The highest BCUT2D eigenvalue weighted by Crippen LogP contribution is 2.44. The van der Waals surface area contributed by atoms with Crippen molar-refractivity contribution < 1.29 is 0 Å². The van der Waals surface area contributed by atoms with Crippen molar-refractivity contribution in [3.63, 3.8) is 0 Å². The average Bonchev–Trinajstić information content (AvgIpc) is 2.62. The van der Waals surface area contributed by atoms with Crippen LogP contribution in [0.1, 0.15) is 31.7 Å². The molecule has 1 aliphatic carbocycles. The third kappa shape index (κ3) is 2.34. The molecule has 0 nitrogen and oxygen atoms in total. The summed E-state index contributed by atoms with van der Waals surface area (Å²) in [4.78, 5) is 0. The second-order valence-electron chi connectivity index (χ2n) is 4.55. The van der Waals surface area contributed by atoms with Crippen LogP contribution in [0.3, 0.4) is 0 Å². The molecule has 1 aromatic rings. The Balaban J connectivity index is 2.07. The van der Waals surface area contributed by atoms with Gasteiger partial charge in [0, 0.05) is 5.38 Å². The molecule has 0 aromatic carbocycles. The van der Waals surface area contributed by atoms with Crippen molar-refractivity contribution >= 4 is 38.9 Å². The monoisotopic (exact) mass is 292 g/mol. The summed E-state index contributed by atoms with van der Waals surface area (Å²) in [6.07, 6.45) is 4.78. The number of alkyl halides is 1. The van der Waals surface area contributed by atoms with E-state index >= 15 is 0 Å². The molecule has 0 saturated heterocycles. The molecule has 1 heterocycles. The lowest BCUT2D eigenvalue weighted by Gasteiger charge is -2.23. The van der Waals surface area contributed by atoms with Crippen molar-refractivity contribution in [2.45, 2.75) is 38.0 Å². The van der Waals surface area contributed by atoms with E-state index in [1.54, 1.807) is 11.3 Å². The van der Waals surface area contributed by atoms with Crippen LogP contribution >= 0.6 is 38.9 Å². The zero-order chi connectivity index (χ0) is 10.2. The van der Waals surface area contributed by atoms with Gasteiger partial charge >= 0.3 is 0 Å². The van der Waals surface area contributed by atoms with Crippen LogP contribution in [-0.4, -0.2) is 5.38 Å². The molecule has 14 heavy (non-hydrogen) atoms. The highest BCUT2D eigenvalue weighted by atomic mass is 79.9. The molecular formula is C11H14BrClS. The molecular weight excluding hydrogens is 280 g/mol. The summed E-state index contributed by atoms with van der Waals surface area (Å²) in [6, 6.07) is 2.22. The van der Waals surface area contributed by atoms with Crippen LogP contribution in [0.15, 0.2) is 15.2 Å². The first-order chi connectivity index (χ1) is 6.59. The summed E-state index contributed by atoms with van der Waals surface area (Å²) in [5, 5.41) is 2.55. The van der Waals surface area contributed by atoms with Gasteiger partial charge in [-0.05, 0) is 64.0 Å². The largest absolute Gasteiger partial charge is 0.137 e. The topological polar surface area (TPSA) is 0 Å². The maximum absolute atomic E-state index is 6.17. The summed E-state index contributed by atoms with van der Waals surface area (Å²) in [6.45, 7) is 2.36. The van der Waals surface area contributed by atoms with Crippen LogP contribution in [0.5, 0.6) is 0 Å². The molecule has 0 radical (unpaired) electrons. The second-order valence-corrected chi connectivity index (χ2v) is 7.40. The van der Waals surface area contributed by atoms with Crippen LogP contribution in [0.25, 0.3) is 0 Å². The fraction of sp³-hybridized carbons (Fsp3) is 0.636. The van der Waals surface area contributed by atoms with Gasteiger partial charge in [0.15, 0.2) is 0 Å². The predicted octanol–water partition coefficient (Wildman–Crippen LogP) is 4.85. The van der Waals surface area contributed by atoms with Gasteiger partial charge in [-0.1, -0.05) is 6.92 Å². The molecule has 0 aliphatic heterocycles. The number of thiophene rings is 1. The maximum atomic E-state index is 6.17. The van der Waals surface area contributed by atoms with Gasteiger partial charge in [0.1, 0.15) is 0 Å². The molecule has 1 fully saturated rings. The van der Waals surface area contributed by atoms with Crippen LogP contribution in [0, 0.1) is 5.41 Å². The van der Waals surface area contributed by atoms with Gasteiger partial charge in [-0.2, -0.15) is 0 Å². The van der Waals surface area contributed by atoms with E-state index in [0.29, 0.717) is 10.8 Å². The van der Waals surface area contributed by atoms with Crippen molar-refractivity contribution in [2.75, 3.05) is 0 Å². The fourth-order valence-corrected chi connectivity index (χ4v) is 4.03. The van der Waals surface area contributed by atoms with Gasteiger partial charge < -0.3 is 0 Å². The number of hydrogen-bond acceptors (Lipinski definition) is 1. The number of halogens is 2. The van der Waals surface area contributed by atoms with Gasteiger partial charge in [0.05, 0.1) is 3.79 Å². The van der Waals surface area contributed by atoms with E-state index in [1.165, 1.54) is 28.6 Å². The summed E-state index contributed by atoms with van der Waals surface area (Å²) in [5.74, 6) is 0. The molecule has 0 spiro atoms. The summed E-state index contributed by atoms with van der Waals surface area (Å²) in [7, 11) is 0. The zero-order valence-corrected chi connectivity index (χ0v) is 11.4. The van der Waals surface area contributed by atoms with Crippen molar-refractivity contribution in [1.29, 1.82) is 0 Å². The molecule has 0 N–H and O–H groups in total. The maximum Gasteiger partial charge on any atom is 0.0730 e. The lowest BCUT2D eigenvalue weighted by Crippen LogP contribution is -2.15. The number of hydrogen-bond donors (Lipinski definition) is 0. The molecule has 3 heteroatoms. The standard InChI is InChI=1S/C11H14BrClS/c1-11(4-2-9(13)7-11)6-8-3-5-14-10(8)12/h3,5,9H,2,4,6-7H2,1H3. The Hall–Kier alpha value is 0.470. The Morgan fingerprint density at radius 3 is 3.00 bits per heavy atom. The third-order valence-electron chi connectivity index (χ3n) is 3.09. The molecule has 0 amide bonds. The average molecular weight is 294 g/mol. The lowest BCUT2D eigenvalue weighted by molar-refractivity contribution is 0.335. The SMILES string of the molecule is CC1(Cc2ccsc2Br)CCC(Cl)C1. The summed E-state index contributed by atoms with van der Waals surface area (Å²) >= 11 is 11.5. The normalized spacial score (nSPS) is 32.4. The first-order valence-corrected chi connectivity index (χ1v) is 7.06. The minimum atomic E-state index is 0.400. The zero-order valence-electron chi connectivity index (χ0n) is 8.22. The van der Waals surface area contributed by atoms with E-state index in [2.05, 4.69) is 34.3 Å². The van der Waals surface area contributed by atoms with E-state index in [9.17, 15) is 0 Å². The van der Waals surface area contributed by atoms with Crippen LogP contribution in [0.4, 0.5) is 0 Å². The third-order valence-corrected chi connectivity index (χ3v) is 5.27. The van der Waals surface area contributed by atoms with Crippen molar-refractivity contribution in [2.24, 2.45) is 5.41 Å². The molecule has 2 atom stereocenters. The fourth-order valence-electron chi connectivity index (χ4n) is 2.31. The molecule has 2 rings (SSSR count). The molecule has 1 aromatic heterocycles. The molecule has 2 unspecified atom stereocenters. The van der Waals surface area contributed by atoms with Crippen molar-refractivity contribution in [1.82, 2.24) is 0 Å². The molecule has 1 saturated carbocycles. The van der Waals surface area contributed by atoms with Crippen molar-refractivity contribution in [3.05, 3.63) is 20.8 Å². The van der Waals surface area contributed by atoms with E-state index in [-0.39, 0.29) is 0 Å². The molecule has 0 bridgehead atoms. The smallest absolute Gasteiger partial charge is 0.0730 e. The minimum Gasteiger partial charge on any atom is -0.137 e. The molecule has 1 aliphatic rings. The Bertz CT molecular complexity index is 323. The summed E-state index contributed by atoms with van der Waals surface area (Å²) < 4.78 is 1.29. The second kappa shape index (κ2) is 4.15. The first-order valence-electron chi connectivity index (χ1n) is 4.95. The highest BCUT2D eigenvalue weighted by molar-refractivity contribution is 9.11. The van der Waals surface area contributed by atoms with E-state index in [0.717, 1.165) is 6.42 Å². The van der Waals surface area contributed by atoms with Gasteiger partial charge in [-0.25, -0.2) is 0 Å². The minimum absolute atomic E-state index is 0.400. The quantitative estimate of drug-likeness (QED) is 0.684. The van der Waals surface area contributed by atoms with E-state index in [4.69, 9.17) is 11.6 Å².